The highest BCUT2D eigenvalue weighted by Crippen LogP contribution is 2.30. The average molecular weight is 297 g/mol. The number of carboxylic acids is 1. The molecule has 1 saturated heterocycles. The van der Waals surface area contributed by atoms with Gasteiger partial charge in [-0.3, -0.25) is 0 Å². The lowest BCUT2D eigenvalue weighted by atomic mass is 10.2. The Morgan fingerprint density at radius 2 is 2.05 bits per heavy atom. The van der Waals surface area contributed by atoms with Gasteiger partial charge in [-0.1, -0.05) is 5.21 Å². The number of carboxylic acid groups (broad SMARTS) is 1. The van der Waals surface area contributed by atoms with Crippen molar-refractivity contribution in [3.8, 4) is 0 Å². The Bertz CT molecular complexity index is 614. The molecule has 8 nitrogen and oxygen atoms in total. The fourth-order valence-corrected chi connectivity index (χ4v) is 3.71. The first-order valence-electron chi connectivity index (χ1n) is 5.08. The molecular formula is C8H9F2N3O5S. The lowest BCUT2D eigenvalue weighted by Crippen LogP contribution is -2.25. The molecule has 0 amide bonds. The van der Waals surface area contributed by atoms with Crippen molar-refractivity contribution < 1.29 is 32.2 Å². The van der Waals surface area contributed by atoms with E-state index in [1.54, 1.807) is 0 Å². The van der Waals surface area contributed by atoms with Crippen LogP contribution in [0.1, 0.15) is 28.6 Å². The molecule has 0 saturated carbocycles. The van der Waals surface area contributed by atoms with Crippen LogP contribution in [0.15, 0.2) is 0 Å². The van der Waals surface area contributed by atoms with E-state index in [0.717, 1.165) is 0 Å². The highest BCUT2D eigenvalue weighted by Gasteiger charge is 2.41. The molecule has 1 aliphatic rings. The Balaban J connectivity index is 2.49. The highest BCUT2D eigenvalue weighted by molar-refractivity contribution is 7.91. The fourth-order valence-electron chi connectivity index (χ4n) is 1.95. The summed E-state index contributed by atoms with van der Waals surface area (Å²) in [6.07, 6.45) is -4.62. The van der Waals surface area contributed by atoms with Gasteiger partial charge in [0, 0.05) is 0 Å². The van der Waals surface area contributed by atoms with Crippen LogP contribution >= 0.6 is 0 Å². The van der Waals surface area contributed by atoms with Crippen molar-refractivity contribution in [3.63, 3.8) is 0 Å². The van der Waals surface area contributed by atoms with Gasteiger partial charge >= 0.3 is 5.97 Å². The average Bonchev–Trinajstić information content (AvgIpc) is 2.78. The van der Waals surface area contributed by atoms with Crippen LogP contribution in [0.4, 0.5) is 8.78 Å². The highest BCUT2D eigenvalue weighted by atomic mass is 32.2. The van der Waals surface area contributed by atoms with Gasteiger partial charge in [0.05, 0.1) is 23.7 Å². The minimum Gasteiger partial charge on any atom is -0.476 e. The van der Waals surface area contributed by atoms with E-state index < -0.39 is 57.3 Å². The smallest absolute Gasteiger partial charge is 0.358 e. The third-order valence-electron chi connectivity index (χ3n) is 2.75. The zero-order valence-electron chi connectivity index (χ0n) is 9.27. The topological polar surface area (TPSA) is 122 Å². The molecule has 106 valence electrons. The van der Waals surface area contributed by atoms with Crippen molar-refractivity contribution in [2.45, 2.75) is 18.6 Å². The summed E-state index contributed by atoms with van der Waals surface area (Å²) in [5, 5.41) is 24.6. The summed E-state index contributed by atoms with van der Waals surface area (Å²) in [7, 11) is -3.58. The van der Waals surface area contributed by atoms with Crippen LogP contribution < -0.4 is 0 Å². The zero-order valence-corrected chi connectivity index (χ0v) is 10.1. The van der Waals surface area contributed by atoms with Gasteiger partial charge < -0.3 is 10.2 Å². The van der Waals surface area contributed by atoms with E-state index in [2.05, 4.69) is 10.3 Å². The Morgan fingerprint density at radius 3 is 2.47 bits per heavy atom. The van der Waals surface area contributed by atoms with Crippen LogP contribution in [0.3, 0.4) is 0 Å². The quantitative estimate of drug-likeness (QED) is 0.752. The van der Waals surface area contributed by atoms with Gasteiger partial charge in [-0.15, -0.1) is 5.10 Å². The lowest BCUT2D eigenvalue weighted by molar-refractivity contribution is 0.0671. The van der Waals surface area contributed by atoms with E-state index in [9.17, 15) is 27.1 Å². The molecule has 19 heavy (non-hydrogen) atoms. The number of aromatic carboxylic acids is 1. The van der Waals surface area contributed by atoms with Crippen LogP contribution in [0, 0.1) is 0 Å². The molecular weight excluding hydrogens is 288 g/mol. The number of hydrogen-bond donors (Lipinski definition) is 2. The number of aromatic nitrogens is 3. The van der Waals surface area contributed by atoms with Crippen LogP contribution in [0.2, 0.25) is 0 Å². The maximum Gasteiger partial charge on any atom is 0.358 e. The standard InChI is InChI=1S/C8H9F2N3O5S/c9-7(10)6-5(8(15)16)11-12-13(6)3-1-19(17,18)2-4(3)14/h3-4,7,14H,1-2H2,(H,15,16). The first kappa shape index (κ1) is 13.8. The molecule has 0 aliphatic carbocycles. The predicted octanol–water partition coefficient (Wildman–Crippen LogP) is -0.756. The maximum absolute atomic E-state index is 12.9. The zero-order chi connectivity index (χ0) is 14.4. The summed E-state index contributed by atoms with van der Waals surface area (Å²) < 4.78 is 48.9. The Kier molecular flexibility index (Phi) is 3.26. The number of nitrogens with zero attached hydrogens (tertiary/aromatic N) is 3. The van der Waals surface area contributed by atoms with Gasteiger partial charge in [0.1, 0.15) is 5.69 Å². The lowest BCUT2D eigenvalue weighted by Gasteiger charge is -2.15. The second kappa shape index (κ2) is 4.49. The van der Waals surface area contributed by atoms with Crippen LogP contribution in [-0.4, -0.2) is 57.2 Å². The number of alkyl halides is 2. The molecule has 2 atom stereocenters. The molecule has 1 fully saturated rings. The normalized spacial score (nSPS) is 25.9. The number of halogens is 2. The van der Waals surface area contributed by atoms with E-state index >= 15 is 0 Å². The van der Waals surface area contributed by atoms with Gasteiger partial charge in [-0.05, 0) is 0 Å². The molecule has 0 radical (unpaired) electrons. The van der Waals surface area contributed by atoms with Crippen LogP contribution in [0.5, 0.6) is 0 Å². The SMILES string of the molecule is O=C(O)c1nnn(C2CS(=O)(=O)CC2O)c1C(F)F. The summed E-state index contributed by atoms with van der Waals surface area (Å²) in [6.45, 7) is 0. The molecule has 2 unspecified atom stereocenters. The third-order valence-corrected chi connectivity index (χ3v) is 4.45. The predicted molar refractivity (Wildman–Crippen MR) is 55.6 cm³/mol. The van der Waals surface area contributed by atoms with Crippen molar-refractivity contribution in [1.82, 2.24) is 15.0 Å². The Morgan fingerprint density at radius 1 is 1.42 bits per heavy atom. The summed E-state index contributed by atoms with van der Waals surface area (Å²) in [4.78, 5) is 10.7. The molecule has 0 spiro atoms. The van der Waals surface area contributed by atoms with E-state index in [1.807, 2.05) is 0 Å². The summed E-state index contributed by atoms with van der Waals surface area (Å²) in [6, 6.07) is -1.26. The molecule has 0 aromatic carbocycles. The largest absolute Gasteiger partial charge is 0.476 e. The first-order chi connectivity index (χ1) is 8.73. The molecule has 1 aromatic rings. The van der Waals surface area contributed by atoms with Gasteiger partial charge in [0.15, 0.2) is 15.5 Å². The number of aliphatic hydroxyl groups is 1. The second-order valence-corrected chi connectivity index (χ2v) is 6.24. The first-order valence-corrected chi connectivity index (χ1v) is 6.90. The van der Waals surface area contributed by atoms with Crippen molar-refractivity contribution in [2.24, 2.45) is 0 Å². The van der Waals surface area contributed by atoms with E-state index in [-0.39, 0.29) is 0 Å². The van der Waals surface area contributed by atoms with Crippen molar-refractivity contribution >= 4 is 15.8 Å². The van der Waals surface area contributed by atoms with E-state index in [1.165, 1.54) is 0 Å². The summed E-state index contributed by atoms with van der Waals surface area (Å²) >= 11 is 0. The van der Waals surface area contributed by atoms with Crippen molar-refractivity contribution in [1.29, 1.82) is 0 Å². The number of aliphatic hydroxyl groups excluding tert-OH is 1. The number of sulfone groups is 1. The minimum atomic E-state index is -3.58. The number of carbonyl (C=O) groups is 1. The van der Waals surface area contributed by atoms with Crippen molar-refractivity contribution in [3.05, 3.63) is 11.4 Å². The molecule has 2 heterocycles. The molecule has 1 aromatic heterocycles. The van der Waals surface area contributed by atoms with Crippen LogP contribution in [0.25, 0.3) is 0 Å². The summed E-state index contributed by atoms with van der Waals surface area (Å²) in [5.74, 6) is -2.87. The number of hydrogen-bond acceptors (Lipinski definition) is 6. The minimum absolute atomic E-state index is 0.489. The van der Waals surface area contributed by atoms with Crippen LogP contribution in [-0.2, 0) is 9.84 Å². The summed E-state index contributed by atoms with van der Waals surface area (Å²) in [5.41, 5.74) is -1.96. The van der Waals surface area contributed by atoms with E-state index in [4.69, 9.17) is 5.11 Å². The number of rotatable bonds is 3. The van der Waals surface area contributed by atoms with Crippen molar-refractivity contribution in [2.75, 3.05) is 11.5 Å². The van der Waals surface area contributed by atoms with Gasteiger partial charge in [0.2, 0.25) is 0 Å². The van der Waals surface area contributed by atoms with Gasteiger partial charge in [-0.25, -0.2) is 26.7 Å². The molecule has 0 bridgehead atoms. The van der Waals surface area contributed by atoms with E-state index in [0.29, 0.717) is 4.68 Å². The monoisotopic (exact) mass is 297 g/mol. The Hall–Kier alpha value is -1.62. The molecule has 2 N–H and O–H groups in total. The second-order valence-electron chi connectivity index (χ2n) is 4.09. The molecule has 2 rings (SSSR count). The Labute approximate surface area is 105 Å². The van der Waals surface area contributed by atoms with Gasteiger partial charge in [-0.2, -0.15) is 0 Å². The maximum atomic E-state index is 12.9. The third kappa shape index (κ3) is 2.42. The van der Waals surface area contributed by atoms with Gasteiger partial charge in [0.25, 0.3) is 6.43 Å². The molecule has 11 heteroatoms. The fraction of sp³-hybridized carbons (Fsp3) is 0.625. The molecule has 1 aliphatic heterocycles.